The zero-order chi connectivity index (χ0) is 13.8. The topological polar surface area (TPSA) is 61.3 Å². The van der Waals surface area contributed by atoms with Crippen LogP contribution >= 0.6 is 0 Å². The van der Waals surface area contributed by atoms with E-state index in [0.29, 0.717) is 31.1 Å². The van der Waals surface area contributed by atoms with E-state index in [-0.39, 0.29) is 0 Å². The molecule has 1 fully saturated rings. The van der Waals surface area contributed by atoms with Gasteiger partial charge in [0.1, 0.15) is 6.61 Å². The predicted octanol–water partition coefficient (Wildman–Crippen LogP) is 3.11. The molecule has 108 valence electrons. The number of nitrogens with zero attached hydrogens (tertiary/aromatic N) is 1. The van der Waals surface area contributed by atoms with Crippen molar-refractivity contribution in [1.82, 2.24) is 5.16 Å². The summed E-state index contributed by atoms with van der Waals surface area (Å²) in [6.07, 6.45) is 4.09. The van der Waals surface area contributed by atoms with Crippen LogP contribution in [0.25, 0.3) is 0 Å². The molecule has 1 aliphatic carbocycles. The number of aromatic nitrogens is 1. The van der Waals surface area contributed by atoms with E-state index in [2.05, 4.69) is 25.9 Å². The molecule has 3 unspecified atom stereocenters. The van der Waals surface area contributed by atoms with Crippen LogP contribution in [0.15, 0.2) is 10.6 Å². The number of nitrogens with two attached hydrogens (primary N) is 1. The SMILES string of the molecule is CC1CCC(C(C)C)C(OCc2cc(CN)no2)C1. The van der Waals surface area contributed by atoms with Gasteiger partial charge in [-0.15, -0.1) is 0 Å². The summed E-state index contributed by atoms with van der Waals surface area (Å²) in [5.41, 5.74) is 6.31. The van der Waals surface area contributed by atoms with Gasteiger partial charge in [-0.2, -0.15) is 0 Å². The van der Waals surface area contributed by atoms with Crippen molar-refractivity contribution >= 4 is 0 Å². The van der Waals surface area contributed by atoms with E-state index in [9.17, 15) is 0 Å². The van der Waals surface area contributed by atoms with E-state index in [1.165, 1.54) is 12.8 Å². The first kappa shape index (κ1) is 14.5. The molecule has 0 aromatic carbocycles. The molecular weight excluding hydrogens is 240 g/mol. The zero-order valence-electron chi connectivity index (χ0n) is 12.3. The minimum absolute atomic E-state index is 0.343. The molecule has 3 atom stereocenters. The number of rotatable bonds is 5. The van der Waals surface area contributed by atoms with Crippen LogP contribution in [0, 0.1) is 17.8 Å². The Kier molecular flexibility index (Phi) is 4.99. The average Bonchev–Trinajstić information content (AvgIpc) is 2.84. The summed E-state index contributed by atoms with van der Waals surface area (Å²) in [6.45, 7) is 7.82. The summed E-state index contributed by atoms with van der Waals surface area (Å²) < 4.78 is 11.3. The summed E-state index contributed by atoms with van der Waals surface area (Å²) in [5.74, 6) is 2.87. The summed E-state index contributed by atoms with van der Waals surface area (Å²) >= 11 is 0. The average molecular weight is 266 g/mol. The molecule has 0 spiro atoms. The first-order chi connectivity index (χ1) is 9.10. The van der Waals surface area contributed by atoms with Crippen LogP contribution in [0.4, 0.5) is 0 Å². The normalized spacial score (nSPS) is 27.9. The molecule has 1 saturated carbocycles. The van der Waals surface area contributed by atoms with E-state index in [1.807, 2.05) is 6.07 Å². The van der Waals surface area contributed by atoms with Gasteiger partial charge in [0.25, 0.3) is 0 Å². The van der Waals surface area contributed by atoms with Crippen molar-refractivity contribution < 1.29 is 9.26 Å². The van der Waals surface area contributed by atoms with E-state index < -0.39 is 0 Å². The molecule has 0 radical (unpaired) electrons. The maximum absolute atomic E-state index is 6.10. The second kappa shape index (κ2) is 6.53. The largest absolute Gasteiger partial charge is 0.370 e. The highest BCUT2D eigenvalue weighted by molar-refractivity contribution is 5.03. The lowest BCUT2D eigenvalue weighted by atomic mass is 9.75. The molecule has 4 heteroatoms. The molecule has 19 heavy (non-hydrogen) atoms. The summed E-state index contributed by atoms with van der Waals surface area (Å²) in [7, 11) is 0. The lowest BCUT2D eigenvalue weighted by Gasteiger charge is -2.36. The van der Waals surface area contributed by atoms with E-state index in [1.54, 1.807) is 0 Å². The van der Waals surface area contributed by atoms with Gasteiger partial charge in [-0.05, 0) is 30.6 Å². The van der Waals surface area contributed by atoms with Crippen molar-refractivity contribution in [3.05, 3.63) is 17.5 Å². The van der Waals surface area contributed by atoms with Gasteiger partial charge >= 0.3 is 0 Å². The number of ether oxygens (including phenoxy) is 1. The highest BCUT2D eigenvalue weighted by Gasteiger charge is 2.31. The van der Waals surface area contributed by atoms with Crippen molar-refractivity contribution in [2.45, 2.75) is 59.3 Å². The molecule has 0 aliphatic heterocycles. The molecule has 1 heterocycles. The standard InChI is InChI=1S/C15H26N2O2/c1-10(2)14-5-4-11(3)6-15(14)18-9-13-7-12(8-16)17-19-13/h7,10-11,14-15H,4-6,8-9,16H2,1-3H3. The molecule has 4 nitrogen and oxygen atoms in total. The molecule has 0 bridgehead atoms. The lowest BCUT2D eigenvalue weighted by molar-refractivity contribution is -0.0533. The third-order valence-corrected chi connectivity index (χ3v) is 4.22. The van der Waals surface area contributed by atoms with Gasteiger partial charge < -0.3 is 15.0 Å². The van der Waals surface area contributed by atoms with Crippen molar-refractivity contribution in [3.63, 3.8) is 0 Å². The second-order valence-corrected chi connectivity index (χ2v) is 6.16. The van der Waals surface area contributed by atoms with Crippen LogP contribution in [0.3, 0.4) is 0 Å². The molecule has 1 aliphatic rings. The Morgan fingerprint density at radius 3 is 2.89 bits per heavy atom. The van der Waals surface area contributed by atoms with Gasteiger partial charge in [0.2, 0.25) is 0 Å². The van der Waals surface area contributed by atoms with Gasteiger partial charge in [0.15, 0.2) is 5.76 Å². The third kappa shape index (κ3) is 3.80. The minimum Gasteiger partial charge on any atom is -0.370 e. The molecular formula is C15H26N2O2. The number of hydrogen-bond acceptors (Lipinski definition) is 4. The van der Waals surface area contributed by atoms with Gasteiger partial charge in [-0.1, -0.05) is 32.3 Å². The second-order valence-electron chi connectivity index (χ2n) is 6.16. The highest BCUT2D eigenvalue weighted by atomic mass is 16.5. The Morgan fingerprint density at radius 2 is 2.26 bits per heavy atom. The Hall–Kier alpha value is -0.870. The Bertz CT molecular complexity index is 389. The van der Waals surface area contributed by atoms with Crippen LogP contribution in [0.5, 0.6) is 0 Å². The lowest BCUT2D eigenvalue weighted by Crippen LogP contribution is -2.34. The van der Waals surface area contributed by atoms with Gasteiger partial charge in [-0.25, -0.2) is 0 Å². The fourth-order valence-corrected chi connectivity index (χ4v) is 3.02. The fraction of sp³-hybridized carbons (Fsp3) is 0.800. The van der Waals surface area contributed by atoms with Crippen molar-refractivity contribution in [3.8, 4) is 0 Å². The van der Waals surface area contributed by atoms with E-state index in [0.717, 1.165) is 23.8 Å². The maximum Gasteiger partial charge on any atom is 0.162 e. The first-order valence-electron chi connectivity index (χ1n) is 7.36. The molecule has 1 aromatic rings. The van der Waals surface area contributed by atoms with Crippen molar-refractivity contribution in [2.75, 3.05) is 0 Å². The summed E-state index contributed by atoms with van der Waals surface area (Å²) in [6, 6.07) is 1.89. The summed E-state index contributed by atoms with van der Waals surface area (Å²) in [4.78, 5) is 0. The third-order valence-electron chi connectivity index (χ3n) is 4.22. The van der Waals surface area contributed by atoms with Crippen LogP contribution < -0.4 is 5.73 Å². The van der Waals surface area contributed by atoms with Crippen LogP contribution in [-0.4, -0.2) is 11.3 Å². The number of hydrogen-bond donors (Lipinski definition) is 1. The minimum atomic E-state index is 0.343. The molecule has 0 saturated heterocycles. The highest BCUT2D eigenvalue weighted by Crippen LogP contribution is 2.35. The molecule has 2 N–H and O–H groups in total. The first-order valence-corrected chi connectivity index (χ1v) is 7.36. The molecule has 1 aromatic heterocycles. The Balaban J connectivity index is 1.91. The van der Waals surface area contributed by atoms with Crippen LogP contribution in [-0.2, 0) is 17.9 Å². The van der Waals surface area contributed by atoms with Crippen LogP contribution in [0.1, 0.15) is 51.5 Å². The van der Waals surface area contributed by atoms with Gasteiger partial charge in [-0.3, -0.25) is 0 Å². The molecule has 2 rings (SSSR count). The van der Waals surface area contributed by atoms with Crippen molar-refractivity contribution in [2.24, 2.45) is 23.5 Å². The maximum atomic E-state index is 6.10. The van der Waals surface area contributed by atoms with Gasteiger partial charge in [0.05, 0.1) is 11.8 Å². The van der Waals surface area contributed by atoms with E-state index in [4.69, 9.17) is 15.0 Å². The van der Waals surface area contributed by atoms with E-state index >= 15 is 0 Å². The Labute approximate surface area is 115 Å². The quantitative estimate of drug-likeness (QED) is 0.889. The van der Waals surface area contributed by atoms with Crippen LogP contribution in [0.2, 0.25) is 0 Å². The molecule has 0 amide bonds. The Morgan fingerprint density at radius 1 is 1.47 bits per heavy atom. The zero-order valence-corrected chi connectivity index (χ0v) is 12.3. The monoisotopic (exact) mass is 266 g/mol. The summed E-state index contributed by atoms with van der Waals surface area (Å²) in [5, 5.41) is 3.89. The van der Waals surface area contributed by atoms with Crippen molar-refractivity contribution in [1.29, 1.82) is 0 Å². The fourth-order valence-electron chi connectivity index (χ4n) is 3.02. The smallest absolute Gasteiger partial charge is 0.162 e. The predicted molar refractivity (Wildman–Crippen MR) is 74.3 cm³/mol. The van der Waals surface area contributed by atoms with Gasteiger partial charge in [0, 0.05) is 12.6 Å².